The van der Waals surface area contributed by atoms with E-state index in [1.54, 1.807) is 7.11 Å². The van der Waals surface area contributed by atoms with Crippen LogP contribution < -0.4 is 4.74 Å². The predicted molar refractivity (Wildman–Crippen MR) is 134 cm³/mol. The normalized spacial score (nSPS) is 18.9. The van der Waals surface area contributed by atoms with Crippen LogP contribution in [0.4, 0.5) is 0 Å². The molecule has 0 aliphatic carbocycles. The molecule has 0 bridgehead atoms. The van der Waals surface area contributed by atoms with Crippen LogP contribution in [0.3, 0.4) is 0 Å². The van der Waals surface area contributed by atoms with Gasteiger partial charge in [0.2, 0.25) is 0 Å². The van der Waals surface area contributed by atoms with Crippen molar-refractivity contribution >= 4 is 28.6 Å². The number of rotatable bonds is 10. The summed E-state index contributed by atoms with van der Waals surface area (Å²) in [5.74, 6) is 1.12. The monoisotopic (exact) mass is 464 g/mol. The van der Waals surface area contributed by atoms with Gasteiger partial charge in [0.05, 0.1) is 18.5 Å². The number of thioether (sulfide) groups is 1. The largest absolute Gasteiger partial charge is 0.497 e. The highest BCUT2D eigenvalue weighted by Crippen LogP contribution is 2.30. The Balaban J connectivity index is 1.29. The van der Waals surface area contributed by atoms with E-state index in [2.05, 4.69) is 40.2 Å². The van der Waals surface area contributed by atoms with Gasteiger partial charge in [-0.05, 0) is 80.1 Å². The number of carboxylic acids is 1. The highest BCUT2D eigenvalue weighted by Gasteiger charge is 2.33. The van der Waals surface area contributed by atoms with Gasteiger partial charge in [-0.1, -0.05) is 18.2 Å². The number of benzene rings is 2. The molecule has 6 heteroatoms. The SMILES string of the molecule is COc1ccc2nccc(CCC[C@@H]3CCN(CCSc4ccccc4)C[C@@H]3C(=O)O)c2c1. The molecule has 0 spiro atoms. The maximum Gasteiger partial charge on any atom is 0.308 e. The molecule has 0 saturated carbocycles. The van der Waals surface area contributed by atoms with Gasteiger partial charge >= 0.3 is 5.97 Å². The van der Waals surface area contributed by atoms with E-state index in [0.717, 1.165) is 61.2 Å². The number of aliphatic carboxylic acids is 1. The Bertz CT molecular complexity index is 1060. The van der Waals surface area contributed by atoms with Gasteiger partial charge in [0.1, 0.15) is 5.75 Å². The minimum Gasteiger partial charge on any atom is -0.497 e. The molecule has 4 rings (SSSR count). The third kappa shape index (κ3) is 6.27. The lowest BCUT2D eigenvalue weighted by Crippen LogP contribution is -2.44. The van der Waals surface area contributed by atoms with Crippen LogP contribution in [-0.4, -0.2) is 53.5 Å². The second kappa shape index (κ2) is 11.5. The Morgan fingerprint density at radius 2 is 2.06 bits per heavy atom. The Morgan fingerprint density at radius 1 is 1.21 bits per heavy atom. The first-order chi connectivity index (χ1) is 16.1. The molecule has 1 fully saturated rings. The fourth-order valence-electron chi connectivity index (χ4n) is 4.79. The summed E-state index contributed by atoms with van der Waals surface area (Å²) in [4.78, 5) is 20.1. The molecule has 1 N–H and O–H groups in total. The molecule has 1 aliphatic heterocycles. The van der Waals surface area contributed by atoms with Crippen LogP contribution in [0, 0.1) is 11.8 Å². The van der Waals surface area contributed by atoms with E-state index in [9.17, 15) is 9.90 Å². The van der Waals surface area contributed by atoms with E-state index in [1.165, 1.54) is 10.5 Å². The molecule has 1 aliphatic rings. The number of ether oxygens (including phenoxy) is 1. The van der Waals surface area contributed by atoms with Crippen molar-refractivity contribution in [1.82, 2.24) is 9.88 Å². The van der Waals surface area contributed by atoms with Crippen LogP contribution in [-0.2, 0) is 11.2 Å². The van der Waals surface area contributed by atoms with E-state index in [1.807, 2.05) is 42.2 Å². The van der Waals surface area contributed by atoms with Crippen molar-refractivity contribution in [1.29, 1.82) is 0 Å². The first kappa shape index (κ1) is 23.6. The number of hydrogen-bond donors (Lipinski definition) is 1. The molecule has 1 saturated heterocycles. The number of piperidine rings is 1. The second-order valence-corrected chi connectivity index (χ2v) is 9.87. The maximum absolute atomic E-state index is 12.0. The molecular formula is C27H32N2O3S. The molecule has 1 aromatic heterocycles. The number of carbonyl (C=O) groups is 1. The van der Waals surface area contributed by atoms with Crippen LogP contribution in [0.25, 0.3) is 10.9 Å². The quantitative estimate of drug-likeness (QED) is 0.407. The first-order valence-electron chi connectivity index (χ1n) is 11.7. The Labute approximate surface area is 200 Å². The van der Waals surface area contributed by atoms with E-state index in [4.69, 9.17) is 4.74 Å². The van der Waals surface area contributed by atoms with Crippen LogP contribution in [0.15, 0.2) is 65.7 Å². The van der Waals surface area contributed by atoms with Crippen molar-refractivity contribution in [2.24, 2.45) is 11.8 Å². The van der Waals surface area contributed by atoms with Gasteiger partial charge in [0, 0.05) is 35.3 Å². The molecule has 5 nitrogen and oxygen atoms in total. The van der Waals surface area contributed by atoms with Gasteiger partial charge in [-0.25, -0.2) is 0 Å². The zero-order chi connectivity index (χ0) is 23.0. The molecule has 2 heterocycles. The summed E-state index contributed by atoms with van der Waals surface area (Å²) in [7, 11) is 1.68. The number of likely N-dealkylation sites (tertiary alicyclic amines) is 1. The molecule has 2 aromatic carbocycles. The first-order valence-corrected chi connectivity index (χ1v) is 12.7. The number of carboxylic acid groups (broad SMARTS) is 1. The number of hydrogen-bond acceptors (Lipinski definition) is 5. The number of methoxy groups -OCH3 is 1. The summed E-state index contributed by atoms with van der Waals surface area (Å²) in [5, 5.41) is 11.0. The summed E-state index contributed by atoms with van der Waals surface area (Å²) >= 11 is 1.84. The topological polar surface area (TPSA) is 62.7 Å². The third-order valence-electron chi connectivity index (χ3n) is 6.64. The lowest BCUT2D eigenvalue weighted by atomic mass is 9.81. The van der Waals surface area contributed by atoms with E-state index >= 15 is 0 Å². The summed E-state index contributed by atoms with van der Waals surface area (Å²) in [5.41, 5.74) is 2.22. The van der Waals surface area contributed by atoms with E-state index in [0.29, 0.717) is 6.54 Å². The molecule has 33 heavy (non-hydrogen) atoms. The van der Waals surface area contributed by atoms with Gasteiger partial charge in [-0.15, -0.1) is 11.8 Å². The van der Waals surface area contributed by atoms with Crippen molar-refractivity contribution in [2.45, 2.75) is 30.6 Å². The number of fused-ring (bicyclic) bond motifs is 1. The van der Waals surface area contributed by atoms with Crippen LogP contribution in [0.1, 0.15) is 24.8 Å². The zero-order valence-electron chi connectivity index (χ0n) is 19.2. The molecule has 0 unspecified atom stereocenters. The molecule has 0 radical (unpaired) electrons. The lowest BCUT2D eigenvalue weighted by molar-refractivity contribution is -0.146. The fourth-order valence-corrected chi connectivity index (χ4v) is 5.72. The van der Waals surface area contributed by atoms with Gasteiger partial charge in [0.25, 0.3) is 0 Å². The van der Waals surface area contributed by atoms with Crippen molar-refractivity contribution in [3.63, 3.8) is 0 Å². The maximum atomic E-state index is 12.0. The van der Waals surface area contributed by atoms with E-state index in [-0.39, 0.29) is 11.8 Å². The van der Waals surface area contributed by atoms with Gasteiger partial charge in [-0.2, -0.15) is 0 Å². The molecular weight excluding hydrogens is 432 g/mol. The second-order valence-electron chi connectivity index (χ2n) is 8.70. The average molecular weight is 465 g/mol. The smallest absolute Gasteiger partial charge is 0.308 e. The molecule has 0 amide bonds. The Hall–Kier alpha value is -2.57. The van der Waals surface area contributed by atoms with Gasteiger partial charge < -0.3 is 14.7 Å². The average Bonchev–Trinajstić information content (AvgIpc) is 2.85. The summed E-state index contributed by atoms with van der Waals surface area (Å²) < 4.78 is 5.38. The standard InChI is InChI=1S/C27H32N2O3S/c1-32-22-10-11-26-24(18-22)20(12-14-28-26)6-5-7-21-13-15-29(19-25(21)27(30)31)16-17-33-23-8-3-2-4-9-23/h2-4,8-12,14,18,21,25H,5-7,13,15-17,19H2,1H3,(H,30,31)/t21-,25+/m1/s1. The lowest BCUT2D eigenvalue weighted by Gasteiger charge is -2.36. The highest BCUT2D eigenvalue weighted by atomic mass is 32.2. The van der Waals surface area contributed by atoms with Crippen LogP contribution in [0.2, 0.25) is 0 Å². The summed E-state index contributed by atoms with van der Waals surface area (Å²) in [6.07, 6.45) is 5.66. The van der Waals surface area contributed by atoms with Crippen LogP contribution in [0.5, 0.6) is 5.75 Å². The Kier molecular flexibility index (Phi) is 8.24. The van der Waals surface area contributed by atoms with Gasteiger partial charge in [0.15, 0.2) is 0 Å². The molecule has 174 valence electrons. The summed E-state index contributed by atoms with van der Waals surface area (Å²) in [6.45, 7) is 2.57. The number of pyridine rings is 1. The van der Waals surface area contributed by atoms with Crippen LogP contribution >= 0.6 is 11.8 Å². The highest BCUT2D eigenvalue weighted by molar-refractivity contribution is 7.99. The molecule has 3 aromatic rings. The van der Waals surface area contributed by atoms with Crippen molar-refractivity contribution < 1.29 is 14.6 Å². The molecule has 2 atom stereocenters. The number of aryl methyl sites for hydroxylation is 1. The summed E-state index contributed by atoms with van der Waals surface area (Å²) in [6, 6.07) is 18.4. The fraction of sp³-hybridized carbons (Fsp3) is 0.407. The van der Waals surface area contributed by atoms with Crippen molar-refractivity contribution in [3.8, 4) is 5.75 Å². The van der Waals surface area contributed by atoms with Gasteiger partial charge in [-0.3, -0.25) is 9.78 Å². The Morgan fingerprint density at radius 3 is 2.85 bits per heavy atom. The van der Waals surface area contributed by atoms with E-state index < -0.39 is 5.97 Å². The minimum absolute atomic E-state index is 0.239. The zero-order valence-corrected chi connectivity index (χ0v) is 20.0. The van der Waals surface area contributed by atoms with Crippen molar-refractivity contribution in [2.75, 3.05) is 32.5 Å². The minimum atomic E-state index is -0.653. The number of aromatic nitrogens is 1. The third-order valence-corrected chi connectivity index (χ3v) is 7.63. The predicted octanol–water partition coefficient (Wildman–Crippen LogP) is 5.38. The van der Waals surface area contributed by atoms with Crippen molar-refractivity contribution in [3.05, 3.63) is 66.4 Å². The number of nitrogens with zero attached hydrogens (tertiary/aromatic N) is 2.